The van der Waals surface area contributed by atoms with Gasteiger partial charge in [0.05, 0.1) is 12.3 Å². The fourth-order valence-corrected chi connectivity index (χ4v) is 2.60. The van der Waals surface area contributed by atoms with Gasteiger partial charge in [-0.3, -0.25) is 0 Å². The third-order valence-electron chi connectivity index (χ3n) is 3.70. The summed E-state index contributed by atoms with van der Waals surface area (Å²) in [4.78, 5) is 6.99. The zero-order chi connectivity index (χ0) is 14.2. The maximum absolute atomic E-state index is 5.55. The van der Waals surface area contributed by atoms with E-state index in [0.29, 0.717) is 5.92 Å². The number of ether oxygens (including phenoxy) is 1. The van der Waals surface area contributed by atoms with Crippen LogP contribution in [0.15, 0.2) is 18.2 Å². The molecule has 112 valence electrons. The maximum atomic E-state index is 5.55. The number of nitrogens with one attached hydrogen (secondary N) is 1. The first kappa shape index (κ1) is 15.3. The molecule has 2 rings (SSSR count). The van der Waals surface area contributed by atoms with Crippen molar-refractivity contribution < 1.29 is 4.74 Å². The highest BCUT2D eigenvalue weighted by Gasteiger charge is 2.16. The van der Waals surface area contributed by atoms with Crippen LogP contribution in [0.2, 0.25) is 0 Å². The summed E-state index contributed by atoms with van der Waals surface area (Å²) in [6.07, 6.45) is 3.61. The molecular formula is C16H27N3O. The number of hydrogen-bond acceptors (Lipinski definition) is 4. The molecule has 1 atom stereocenters. The number of aromatic nitrogens is 1. The van der Waals surface area contributed by atoms with Crippen LogP contribution in [0.25, 0.3) is 0 Å². The van der Waals surface area contributed by atoms with Crippen molar-refractivity contribution in [2.75, 3.05) is 38.3 Å². The summed E-state index contributed by atoms with van der Waals surface area (Å²) < 4.78 is 5.55. The Hall–Kier alpha value is -1.13. The number of rotatable bonds is 7. The molecule has 0 amide bonds. The molecule has 1 aliphatic rings. The summed E-state index contributed by atoms with van der Waals surface area (Å²) in [6.45, 7) is 6.91. The topological polar surface area (TPSA) is 37.4 Å². The molecule has 20 heavy (non-hydrogen) atoms. The van der Waals surface area contributed by atoms with Gasteiger partial charge in [0.25, 0.3) is 0 Å². The molecule has 1 aliphatic heterocycles. The van der Waals surface area contributed by atoms with Crippen LogP contribution in [-0.4, -0.2) is 38.3 Å². The van der Waals surface area contributed by atoms with Crippen molar-refractivity contribution in [3.05, 3.63) is 23.9 Å². The average molecular weight is 277 g/mol. The van der Waals surface area contributed by atoms with Crippen molar-refractivity contribution in [3.63, 3.8) is 0 Å². The predicted molar refractivity (Wildman–Crippen MR) is 83.0 cm³/mol. The Labute approximate surface area is 122 Å². The third-order valence-corrected chi connectivity index (χ3v) is 3.70. The van der Waals surface area contributed by atoms with Gasteiger partial charge in [0.1, 0.15) is 5.82 Å². The van der Waals surface area contributed by atoms with Gasteiger partial charge >= 0.3 is 0 Å². The van der Waals surface area contributed by atoms with E-state index in [1.807, 2.05) is 0 Å². The van der Waals surface area contributed by atoms with Crippen LogP contribution in [-0.2, 0) is 11.3 Å². The fourth-order valence-electron chi connectivity index (χ4n) is 2.60. The van der Waals surface area contributed by atoms with E-state index in [2.05, 4.69) is 42.4 Å². The number of hydrogen-bond donors (Lipinski definition) is 1. The number of pyridine rings is 1. The minimum atomic E-state index is 0.637. The first-order valence-electron chi connectivity index (χ1n) is 7.75. The van der Waals surface area contributed by atoms with E-state index in [9.17, 15) is 0 Å². The molecule has 0 spiro atoms. The summed E-state index contributed by atoms with van der Waals surface area (Å²) in [5, 5.41) is 3.40. The third kappa shape index (κ3) is 4.76. The van der Waals surface area contributed by atoms with Crippen molar-refractivity contribution in [3.8, 4) is 0 Å². The van der Waals surface area contributed by atoms with Gasteiger partial charge in [0.2, 0.25) is 0 Å². The molecular weight excluding hydrogens is 250 g/mol. The SMILES string of the molecule is CCCNCc1cccc(N(C)CC2CCCOC2)n1. The Balaban J connectivity index is 1.88. The number of anilines is 1. The molecule has 2 heterocycles. The van der Waals surface area contributed by atoms with E-state index in [1.165, 1.54) is 12.8 Å². The zero-order valence-corrected chi connectivity index (χ0v) is 12.8. The highest BCUT2D eigenvalue weighted by atomic mass is 16.5. The standard InChI is InChI=1S/C16H27N3O/c1-3-9-17-11-15-7-4-8-16(18-15)19(2)12-14-6-5-10-20-13-14/h4,7-8,14,17H,3,5-6,9-13H2,1-2H3. The smallest absolute Gasteiger partial charge is 0.128 e. The summed E-state index contributed by atoms with van der Waals surface area (Å²) in [7, 11) is 2.13. The molecule has 0 aromatic carbocycles. The molecule has 4 heteroatoms. The van der Waals surface area contributed by atoms with E-state index in [0.717, 1.165) is 50.8 Å². The molecule has 4 nitrogen and oxygen atoms in total. The van der Waals surface area contributed by atoms with Gasteiger partial charge in [0, 0.05) is 26.7 Å². The van der Waals surface area contributed by atoms with Crippen molar-refractivity contribution in [1.82, 2.24) is 10.3 Å². The van der Waals surface area contributed by atoms with E-state index in [1.54, 1.807) is 0 Å². The van der Waals surface area contributed by atoms with Gasteiger partial charge in [-0.25, -0.2) is 4.98 Å². The first-order chi connectivity index (χ1) is 9.79. The Morgan fingerprint density at radius 2 is 2.35 bits per heavy atom. The fraction of sp³-hybridized carbons (Fsp3) is 0.688. The summed E-state index contributed by atoms with van der Waals surface area (Å²) in [5.41, 5.74) is 1.11. The van der Waals surface area contributed by atoms with Crippen LogP contribution >= 0.6 is 0 Å². The molecule has 1 N–H and O–H groups in total. The molecule has 0 radical (unpaired) electrons. The second-order valence-electron chi connectivity index (χ2n) is 5.63. The highest BCUT2D eigenvalue weighted by molar-refractivity contribution is 5.38. The van der Waals surface area contributed by atoms with Crippen molar-refractivity contribution in [2.45, 2.75) is 32.7 Å². The lowest BCUT2D eigenvalue weighted by Crippen LogP contribution is -2.31. The monoisotopic (exact) mass is 277 g/mol. The Morgan fingerprint density at radius 3 is 3.10 bits per heavy atom. The minimum Gasteiger partial charge on any atom is -0.381 e. The van der Waals surface area contributed by atoms with Crippen LogP contribution in [0.1, 0.15) is 31.9 Å². The van der Waals surface area contributed by atoms with Gasteiger partial charge < -0.3 is 15.0 Å². The van der Waals surface area contributed by atoms with Gasteiger partial charge in [0.15, 0.2) is 0 Å². The van der Waals surface area contributed by atoms with Gasteiger partial charge in [-0.05, 0) is 43.9 Å². The largest absolute Gasteiger partial charge is 0.381 e. The van der Waals surface area contributed by atoms with Crippen LogP contribution < -0.4 is 10.2 Å². The highest BCUT2D eigenvalue weighted by Crippen LogP contribution is 2.17. The van der Waals surface area contributed by atoms with E-state index >= 15 is 0 Å². The van der Waals surface area contributed by atoms with Crippen molar-refractivity contribution in [1.29, 1.82) is 0 Å². The second kappa shape index (κ2) is 8.22. The summed E-state index contributed by atoms with van der Waals surface area (Å²) >= 11 is 0. The lowest BCUT2D eigenvalue weighted by molar-refractivity contribution is 0.0576. The van der Waals surface area contributed by atoms with Crippen LogP contribution in [0.3, 0.4) is 0 Å². The van der Waals surface area contributed by atoms with Crippen LogP contribution in [0.4, 0.5) is 5.82 Å². The molecule has 0 aliphatic carbocycles. The second-order valence-corrected chi connectivity index (χ2v) is 5.63. The summed E-state index contributed by atoms with van der Waals surface area (Å²) in [6, 6.07) is 6.27. The molecule has 1 aromatic rings. The van der Waals surface area contributed by atoms with Gasteiger partial charge in [-0.1, -0.05) is 13.0 Å². The number of nitrogens with zero attached hydrogens (tertiary/aromatic N) is 2. The van der Waals surface area contributed by atoms with Gasteiger partial charge in [-0.2, -0.15) is 0 Å². The van der Waals surface area contributed by atoms with Gasteiger partial charge in [-0.15, -0.1) is 0 Å². The van der Waals surface area contributed by atoms with Crippen molar-refractivity contribution >= 4 is 5.82 Å². The minimum absolute atomic E-state index is 0.637. The lowest BCUT2D eigenvalue weighted by atomic mass is 10.0. The molecule has 0 saturated carbocycles. The molecule has 1 aromatic heterocycles. The zero-order valence-electron chi connectivity index (χ0n) is 12.8. The first-order valence-corrected chi connectivity index (χ1v) is 7.75. The molecule has 1 saturated heterocycles. The quantitative estimate of drug-likeness (QED) is 0.777. The Kier molecular flexibility index (Phi) is 6.27. The summed E-state index contributed by atoms with van der Waals surface area (Å²) in [5.74, 6) is 1.70. The van der Waals surface area contributed by atoms with Crippen molar-refractivity contribution in [2.24, 2.45) is 5.92 Å². The van der Waals surface area contributed by atoms with E-state index in [4.69, 9.17) is 9.72 Å². The van der Waals surface area contributed by atoms with E-state index in [-0.39, 0.29) is 0 Å². The Bertz CT molecular complexity index is 391. The van der Waals surface area contributed by atoms with E-state index < -0.39 is 0 Å². The van der Waals surface area contributed by atoms with Crippen LogP contribution in [0, 0.1) is 5.92 Å². The molecule has 0 bridgehead atoms. The molecule has 1 fully saturated rings. The molecule has 1 unspecified atom stereocenters. The average Bonchev–Trinajstić information content (AvgIpc) is 2.49. The van der Waals surface area contributed by atoms with Crippen LogP contribution in [0.5, 0.6) is 0 Å². The predicted octanol–water partition coefficient (Wildman–Crippen LogP) is 2.44. The lowest BCUT2D eigenvalue weighted by Gasteiger charge is -2.28. The normalized spacial score (nSPS) is 19.0. The Morgan fingerprint density at radius 1 is 1.45 bits per heavy atom. The maximum Gasteiger partial charge on any atom is 0.128 e.